The summed E-state index contributed by atoms with van der Waals surface area (Å²) >= 11 is 0. The average Bonchev–Trinajstić information content (AvgIpc) is 2.81. The normalized spacial score (nSPS) is 18.3. The largest absolute Gasteiger partial charge is 0.493 e. The number of methoxy groups -OCH3 is 2. The zero-order chi connectivity index (χ0) is 23.1. The molecule has 0 radical (unpaired) electrons. The van der Waals surface area contributed by atoms with Crippen LogP contribution in [-0.4, -0.2) is 52.3 Å². The minimum atomic E-state index is 0. The molecule has 1 fully saturated rings. The van der Waals surface area contributed by atoms with Gasteiger partial charge in [0.1, 0.15) is 0 Å². The predicted molar refractivity (Wildman–Crippen MR) is 145 cm³/mol. The van der Waals surface area contributed by atoms with E-state index in [0.717, 1.165) is 49.0 Å². The summed E-state index contributed by atoms with van der Waals surface area (Å²) < 4.78 is 17.1. The number of aliphatic imine (C=N–C) groups is 1. The smallest absolute Gasteiger partial charge is 0.193 e. The molecule has 2 atom stereocenters. The number of nitrogens with one attached hydrogen (secondary N) is 1. The molecular formula is C26H38IN3O3. The number of rotatable bonds is 7. The lowest BCUT2D eigenvalue weighted by molar-refractivity contribution is -0.0266. The number of hydrogen-bond acceptors (Lipinski definition) is 4. The van der Waals surface area contributed by atoms with Gasteiger partial charge in [0.2, 0.25) is 0 Å². The molecule has 1 N–H and O–H groups in total. The molecule has 2 unspecified atom stereocenters. The maximum atomic E-state index is 6.18. The van der Waals surface area contributed by atoms with Gasteiger partial charge in [-0.2, -0.15) is 0 Å². The molecule has 182 valence electrons. The number of halogens is 1. The van der Waals surface area contributed by atoms with Crippen LogP contribution >= 0.6 is 24.0 Å². The Bertz CT molecular complexity index is 918. The van der Waals surface area contributed by atoms with Gasteiger partial charge in [-0.3, -0.25) is 4.99 Å². The van der Waals surface area contributed by atoms with Crippen molar-refractivity contribution < 1.29 is 14.2 Å². The Kier molecular flexibility index (Phi) is 10.8. The van der Waals surface area contributed by atoms with Crippen molar-refractivity contribution in [3.05, 3.63) is 58.7 Å². The lowest BCUT2D eigenvalue weighted by Gasteiger charge is -2.33. The molecule has 6 nitrogen and oxygen atoms in total. The summed E-state index contributed by atoms with van der Waals surface area (Å²) in [6.07, 6.45) is 2.35. The first-order valence-electron chi connectivity index (χ1n) is 11.3. The van der Waals surface area contributed by atoms with Crippen LogP contribution < -0.4 is 14.8 Å². The summed E-state index contributed by atoms with van der Waals surface area (Å²) in [5, 5.41) is 3.58. The fourth-order valence-electron chi connectivity index (χ4n) is 4.31. The summed E-state index contributed by atoms with van der Waals surface area (Å²) in [5.74, 6) is 2.76. The zero-order valence-electron chi connectivity index (χ0n) is 20.7. The minimum absolute atomic E-state index is 0. The van der Waals surface area contributed by atoms with Gasteiger partial charge >= 0.3 is 0 Å². The van der Waals surface area contributed by atoms with E-state index in [1.54, 1.807) is 14.2 Å². The summed E-state index contributed by atoms with van der Waals surface area (Å²) in [4.78, 5) is 6.66. The molecule has 3 rings (SSSR count). The third kappa shape index (κ3) is 6.99. The standard InChI is InChI=1S/C26H37N3O3.HI/c1-18-9-11-20(12-10-18)25-21(8-7-13-32-25)16-28-26(27-3)29(4)17-22-15-24(31-6)23(30-5)14-19(22)2;/h9-12,14-15,21,25H,7-8,13,16-17H2,1-6H3,(H,27,28);1H. The molecule has 0 aromatic heterocycles. The van der Waals surface area contributed by atoms with Crippen molar-refractivity contribution in [3.8, 4) is 11.5 Å². The van der Waals surface area contributed by atoms with Crippen molar-refractivity contribution in [1.29, 1.82) is 0 Å². The van der Waals surface area contributed by atoms with Crippen molar-refractivity contribution in [2.45, 2.75) is 39.3 Å². The van der Waals surface area contributed by atoms with Gasteiger partial charge in [0, 0.05) is 39.7 Å². The van der Waals surface area contributed by atoms with E-state index in [1.807, 2.05) is 19.2 Å². The first-order chi connectivity index (χ1) is 15.5. The number of aryl methyl sites for hydroxylation is 2. The van der Waals surface area contributed by atoms with Crippen molar-refractivity contribution >= 4 is 29.9 Å². The predicted octanol–water partition coefficient (Wildman–Crippen LogP) is 5.11. The SMILES string of the molecule is CN=C(NCC1CCCOC1c1ccc(C)cc1)N(C)Cc1cc(OC)c(OC)cc1C.I. The monoisotopic (exact) mass is 567 g/mol. The van der Waals surface area contributed by atoms with E-state index < -0.39 is 0 Å². The molecule has 1 heterocycles. The third-order valence-corrected chi connectivity index (χ3v) is 6.20. The van der Waals surface area contributed by atoms with E-state index in [0.29, 0.717) is 12.5 Å². The molecular weight excluding hydrogens is 529 g/mol. The Morgan fingerprint density at radius 3 is 2.42 bits per heavy atom. The van der Waals surface area contributed by atoms with E-state index in [4.69, 9.17) is 14.2 Å². The van der Waals surface area contributed by atoms with Gasteiger partial charge in [0.05, 0.1) is 20.3 Å². The van der Waals surface area contributed by atoms with Gasteiger partial charge in [0.25, 0.3) is 0 Å². The molecule has 1 aliphatic rings. The molecule has 33 heavy (non-hydrogen) atoms. The number of guanidine groups is 1. The van der Waals surface area contributed by atoms with Gasteiger partial charge in [-0.05, 0) is 55.5 Å². The van der Waals surface area contributed by atoms with E-state index in [1.165, 1.54) is 16.7 Å². The molecule has 1 aliphatic heterocycles. The van der Waals surface area contributed by atoms with Crippen LogP contribution in [0.4, 0.5) is 0 Å². The van der Waals surface area contributed by atoms with E-state index in [-0.39, 0.29) is 30.1 Å². The molecule has 0 aliphatic carbocycles. The van der Waals surface area contributed by atoms with Crippen LogP contribution in [0.2, 0.25) is 0 Å². The van der Waals surface area contributed by atoms with Gasteiger partial charge in [-0.25, -0.2) is 0 Å². The summed E-state index contributed by atoms with van der Waals surface area (Å²) in [7, 11) is 7.21. The second-order valence-corrected chi connectivity index (χ2v) is 8.52. The van der Waals surface area contributed by atoms with Crippen LogP contribution in [-0.2, 0) is 11.3 Å². The second kappa shape index (κ2) is 13.0. The first-order valence-corrected chi connectivity index (χ1v) is 11.3. The van der Waals surface area contributed by atoms with E-state index in [2.05, 4.69) is 60.4 Å². The molecule has 0 bridgehead atoms. The number of nitrogens with zero attached hydrogens (tertiary/aromatic N) is 2. The Morgan fingerprint density at radius 1 is 1.12 bits per heavy atom. The molecule has 2 aromatic carbocycles. The molecule has 1 saturated heterocycles. The maximum Gasteiger partial charge on any atom is 0.193 e. The van der Waals surface area contributed by atoms with Gasteiger partial charge in [-0.1, -0.05) is 29.8 Å². The Morgan fingerprint density at radius 2 is 1.79 bits per heavy atom. The average molecular weight is 568 g/mol. The van der Waals surface area contributed by atoms with Crippen LogP contribution in [0, 0.1) is 19.8 Å². The molecule has 2 aromatic rings. The molecule has 7 heteroatoms. The van der Waals surface area contributed by atoms with E-state index in [9.17, 15) is 0 Å². The Labute approximate surface area is 215 Å². The zero-order valence-corrected chi connectivity index (χ0v) is 23.0. The highest BCUT2D eigenvalue weighted by molar-refractivity contribution is 14.0. The Balaban J connectivity index is 0.00000385. The maximum absolute atomic E-state index is 6.18. The van der Waals surface area contributed by atoms with Crippen LogP contribution in [0.5, 0.6) is 11.5 Å². The third-order valence-electron chi connectivity index (χ3n) is 6.20. The summed E-state index contributed by atoms with van der Waals surface area (Å²) in [6, 6.07) is 12.8. The lowest BCUT2D eigenvalue weighted by atomic mass is 9.89. The highest BCUT2D eigenvalue weighted by atomic mass is 127. The fourth-order valence-corrected chi connectivity index (χ4v) is 4.31. The van der Waals surface area contributed by atoms with Crippen molar-refractivity contribution in [1.82, 2.24) is 10.2 Å². The fraction of sp³-hybridized carbons (Fsp3) is 0.500. The summed E-state index contributed by atoms with van der Waals surface area (Å²) in [5.41, 5.74) is 4.86. The van der Waals surface area contributed by atoms with Crippen LogP contribution in [0.25, 0.3) is 0 Å². The number of ether oxygens (including phenoxy) is 3. The highest BCUT2D eigenvalue weighted by Gasteiger charge is 2.28. The first kappa shape index (κ1) is 27.2. The van der Waals surface area contributed by atoms with Gasteiger partial charge < -0.3 is 24.4 Å². The second-order valence-electron chi connectivity index (χ2n) is 8.52. The number of benzene rings is 2. The van der Waals surface area contributed by atoms with Crippen molar-refractivity contribution in [2.24, 2.45) is 10.9 Å². The molecule has 0 spiro atoms. The van der Waals surface area contributed by atoms with E-state index >= 15 is 0 Å². The summed E-state index contributed by atoms with van der Waals surface area (Å²) in [6.45, 7) is 6.56. The van der Waals surface area contributed by atoms with Crippen LogP contribution in [0.3, 0.4) is 0 Å². The van der Waals surface area contributed by atoms with Gasteiger partial charge in [0.15, 0.2) is 17.5 Å². The van der Waals surface area contributed by atoms with Crippen LogP contribution in [0.15, 0.2) is 41.4 Å². The van der Waals surface area contributed by atoms with Crippen LogP contribution in [0.1, 0.15) is 41.2 Å². The molecule has 0 saturated carbocycles. The van der Waals surface area contributed by atoms with Crippen molar-refractivity contribution in [2.75, 3.05) is 41.5 Å². The number of hydrogen-bond donors (Lipinski definition) is 1. The quantitative estimate of drug-likeness (QED) is 0.286. The molecule has 0 amide bonds. The topological polar surface area (TPSA) is 55.3 Å². The minimum Gasteiger partial charge on any atom is -0.493 e. The van der Waals surface area contributed by atoms with Gasteiger partial charge in [-0.15, -0.1) is 24.0 Å². The lowest BCUT2D eigenvalue weighted by Crippen LogP contribution is -2.42. The highest BCUT2D eigenvalue weighted by Crippen LogP contribution is 2.33. The van der Waals surface area contributed by atoms with Crippen molar-refractivity contribution in [3.63, 3.8) is 0 Å². The Hall–Kier alpha value is -2.00.